The monoisotopic (exact) mass is 339 g/mol. The van der Waals surface area contributed by atoms with Crippen molar-refractivity contribution >= 4 is 32.4 Å². The van der Waals surface area contributed by atoms with Crippen molar-refractivity contribution in [2.75, 3.05) is 12.0 Å². The second-order valence-corrected chi connectivity index (χ2v) is 7.11. The SMILES string of the molecule is CS(=O)(=O)CC(N)Cc1ccc(I)cc1. The van der Waals surface area contributed by atoms with E-state index in [-0.39, 0.29) is 11.8 Å². The van der Waals surface area contributed by atoms with E-state index in [4.69, 9.17) is 5.73 Å². The molecule has 0 bridgehead atoms. The summed E-state index contributed by atoms with van der Waals surface area (Å²) in [5, 5.41) is 0. The predicted octanol–water partition coefficient (Wildman–Crippen LogP) is 1.21. The molecule has 1 unspecified atom stereocenters. The lowest BCUT2D eigenvalue weighted by Crippen LogP contribution is -2.31. The molecule has 3 nitrogen and oxygen atoms in total. The molecule has 0 radical (unpaired) electrons. The van der Waals surface area contributed by atoms with Crippen molar-refractivity contribution in [2.24, 2.45) is 5.73 Å². The van der Waals surface area contributed by atoms with Crippen molar-refractivity contribution in [3.63, 3.8) is 0 Å². The summed E-state index contributed by atoms with van der Waals surface area (Å²) in [5.41, 5.74) is 6.82. The third-order valence-corrected chi connectivity index (χ3v) is 3.68. The molecule has 0 saturated carbocycles. The van der Waals surface area contributed by atoms with Crippen molar-refractivity contribution in [3.8, 4) is 0 Å². The number of rotatable bonds is 4. The molecule has 0 amide bonds. The summed E-state index contributed by atoms with van der Waals surface area (Å²) < 4.78 is 23.2. The molecule has 0 fully saturated rings. The predicted molar refractivity (Wildman–Crippen MR) is 70.5 cm³/mol. The first-order valence-corrected chi connectivity index (χ1v) is 7.68. The Hall–Kier alpha value is -0.140. The fourth-order valence-corrected chi connectivity index (χ4v) is 2.63. The van der Waals surface area contributed by atoms with E-state index in [0.717, 1.165) is 9.13 Å². The zero-order valence-electron chi connectivity index (χ0n) is 8.48. The topological polar surface area (TPSA) is 60.2 Å². The molecule has 0 aromatic heterocycles. The number of benzene rings is 1. The first-order chi connectivity index (χ1) is 6.87. The number of hydrogen-bond donors (Lipinski definition) is 1. The van der Waals surface area contributed by atoms with Gasteiger partial charge in [-0.3, -0.25) is 0 Å². The lowest BCUT2D eigenvalue weighted by atomic mass is 10.1. The van der Waals surface area contributed by atoms with Crippen LogP contribution in [0.15, 0.2) is 24.3 Å². The largest absolute Gasteiger partial charge is 0.326 e. The van der Waals surface area contributed by atoms with Crippen LogP contribution in [0.2, 0.25) is 0 Å². The first kappa shape index (κ1) is 12.9. The lowest BCUT2D eigenvalue weighted by molar-refractivity contribution is 0.591. The Labute approximate surface area is 104 Å². The number of nitrogens with two attached hydrogens (primary N) is 1. The highest BCUT2D eigenvalue weighted by Crippen LogP contribution is 2.08. The van der Waals surface area contributed by atoms with Gasteiger partial charge < -0.3 is 5.73 Å². The van der Waals surface area contributed by atoms with Crippen LogP contribution >= 0.6 is 22.6 Å². The van der Waals surface area contributed by atoms with Gasteiger partial charge in [0.15, 0.2) is 0 Å². The molecular weight excluding hydrogens is 325 g/mol. The summed E-state index contributed by atoms with van der Waals surface area (Å²) in [6.07, 6.45) is 1.81. The quantitative estimate of drug-likeness (QED) is 0.839. The van der Waals surface area contributed by atoms with Crippen LogP contribution in [0.1, 0.15) is 5.56 Å². The van der Waals surface area contributed by atoms with Crippen LogP contribution in [-0.4, -0.2) is 26.5 Å². The molecule has 1 atom stereocenters. The third-order valence-electron chi connectivity index (χ3n) is 1.93. The minimum Gasteiger partial charge on any atom is -0.326 e. The summed E-state index contributed by atoms with van der Waals surface area (Å²) >= 11 is 2.23. The molecule has 0 heterocycles. The van der Waals surface area contributed by atoms with Gasteiger partial charge in [-0.25, -0.2) is 8.42 Å². The molecule has 0 aliphatic rings. The van der Waals surface area contributed by atoms with Crippen LogP contribution in [0.4, 0.5) is 0 Å². The summed E-state index contributed by atoms with van der Waals surface area (Å²) in [6, 6.07) is 7.61. The highest BCUT2D eigenvalue weighted by atomic mass is 127. The van der Waals surface area contributed by atoms with Crippen molar-refractivity contribution in [3.05, 3.63) is 33.4 Å². The van der Waals surface area contributed by atoms with E-state index in [1.165, 1.54) is 6.26 Å². The molecule has 15 heavy (non-hydrogen) atoms. The van der Waals surface area contributed by atoms with Gasteiger partial charge in [-0.1, -0.05) is 12.1 Å². The molecule has 0 spiro atoms. The second kappa shape index (κ2) is 5.27. The van der Waals surface area contributed by atoms with Gasteiger partial charge >= 0.3 is 0 Å². The molecule has 0 saturated heterocycles. The van der Waals surface area contributed by atoms with E-state index in [9.17, 15) is 8.42 Å². The number of hydrogen-bond acceptors (Lipinski definition) is 3. The van der Waals surface area contributed by atoms with Gasteiger partial charge in [0, 0.05) is 15.9 Å². The fraction of sp³-hybridized carbons (Fsp3) is 0.400. The molecular formula is C10H14INO2S. The smallest absolute Gasteiger partial charge is 0.148 e. The van der Waals surface area contributed by atoms with Crippen molar-refractivity contribution < 1.29 is 8.42 Å². The molecule has 0 aliphatic heterocycles. The maximum Gasteiger partial charge on any atom is 0.148 e. The zero-order valence-corrected chi connectivity index (χ0v) is 11.5. The Balaban J connectivity index is 2.59. The third kappa shape index (κ3) is 5.48. The minimum atomic E-state index is -2.98. The number of sulfone groups is 1. The molecule has 2 N–H and O–H groups in total. The van der Waals surface area contributed by atoms with E-state index in [1.54, 1.807) is 0 Å². The van der Waals surface area contributed by atoms with Gasteiger partial charge in [-0.15, -0.1) is 0 Å². The van der Waals surface area contributed by atoms with Crippen LogP contribution in [0.3, 0.4) is 0 Å². The minimum absolute atomic E-state index is 0.0407. The fourth-order valence-electron chi connectivity index (χ4n) is 1.37. The van der Waals surface area contributed by atoms with E-state index in [1.807, 2.05) is 24.3 Å². The Morgan fingerprint density at radius 1 is 1.33 bits per heavy atom. The molecule has 5 heteroatoms. The van der Waals surface area contributed by atoms with Gasteiger partial charge in [-0.05, 0) is 46.7 Å². The molecule has 1 aromatic rings. The lowest BCUT2D eigenvalue weighted by Gasteiger charge is -2.10. The van der Waals surface area contributed by atoms with Crippen LogP contribution in [0.25, 0.3) is 0 Å². The second-order valence-electron chi connectivity index (χ2n) is 3.68. The summed E-state index contributed by atoms with van der Waals surface area (Å²) in [7, 11) is -2.98. The highest BCUT2D eigenvalue weighted by molar-refractivity contribution is 14.1. The number of halogens is 1. The molecule has 1 aromatic carbocycles. The Kier molecular flexibility index (Phi) is 4.54. The van der Waals surface area contributed by atoms with Gasteiger partial charge in [0.05, 0.1) is 5.75 Å². The average Bonchev–Trinajstić information content (AvgIpc) is 2.05. The van der Waals surface area contributed by atoms with E-state index < -0.39 is 9.84 Å². The average molecular weight is 339 g/mol. The van der Waals surface area contributed by atoms with Crippen molar-refractivity contribution in [1.29, 1.82) is 0 Å². The van der Waals surface area contributed by atoms with E-state index >= 15 is 0 Å². The first-order valence-electron chi connectivity index (χ1n) is 4.54. The van der Waals surface area contributed by atoms with Gasteiger partial charge in [-0.2, -0.15) is 0 Å². The maximum absolute atomic E-state index is 11.0. The maximum atomic E-state index is 11.0. The standard InChI is InChI=1S/C10H14INO2S/c1-15(13,14)7-10(12)6-8-2-4-9(11)5-3-8/h2-5,10H,6-7,12H2,1H3. The van der Waals surface area contributed by atoms with E-state index in [2.05, 4.69) is 22.6 Å². The Morgan fingerprint density at radius 3 is 2.33 bits per heavy atom. The Bertz CT molecular complexity index is 414. The van der Waals surface area contributed by atoms with Crippen LogP contribution < -0.4 is 5.73 Å². The Morgan fingerprint density at radius 2 is 1.87 bits per heavy atom. The summed E-state index contributed by atoms with van der Waals surface area (Å²) in [4.78, 5) is 0. The van der Waals surface area contributed by atoms with Crippen molar-refractivity contribution in [1.82, 2.24) is 0 Å². The van der Waals surface area contributed by atoms with Gasteiger partial charge in [0.1, 0.15) is 9.84 Å². The molecule has 84 valence electrons. The summed E-state index contributed by atoms with van der Waals surface area (Å²) in [6.45, 7) is 0. The summed E-state index contributed by atoms with van der Waals surface area (Å²) in [5.74, 6) is 0.0407. The van der Waals surface area contributed by atoms with E-state index in [0.29, 0.717) is 6.42 Å². The van der Waals surface area contributed by atoms with Gasteiger partial charge in [0.2, 0.25) is 0 Å². The van der Waals surface area contributed by atoms with Crippen LogP contribution in [0.5, 0.6) is 0 Å². The molecule has 0 aliphatic carbocycles. The highest BCUT2D eigenvalue weighted by Gasteiger charge is 2.11. The molecule has 1 rings (SSSR count). The van der Waals surface area contributed by atoms with Crippen LogP contribution in [-0.2, 0) is 16.3 Å². The normalized spacial score (nSPS) is 13.8. The zero-order chi connectivity index (χ0) is 11.5. The van der Waals surface area contributed by atoms with Crippen LogP contribution in [0, 0.1) is 3.57 Å². The van der Waals surface area contributed by atoms with Gasteiger partial charge in [0.25, 0.3) is 0 Å². The van der Waals surface area contributed by atoms with Crippen molar-refractivity contribution in [2.45, 2.75) is 12.5 Å².